The van der Waals surface area contributed by atoms with Gasteiger partial charge in [0.2, 0.25) is 11.8 Å². The lowest BCUT2D eigenvalue weighted by Gasteiger charge is -2.30. The van der Waals surface area contributed by atoms with E-state index in [1.54, 1.807) is 30.3 Å². The average molecular weight is 603 g/mol. The first-order valence-electron chi connectivity index (χ1n) is 12.8. The molecule has 11 nitrogen and oxygen atoms in total. The molecular weight excluding hydrogens is 580 g/mol. The van der Waals surface area contributed by atoms with Gasteiger partial charge in [-0.25, -0.2) is 4.90 Å². The van der Waals surface area contributed by atoms with Crippen LogP contribution in [0, 0.1) is 23.0 Å². The summed E-state index contributed by atoms with van der Waals surface area (Å²) in [6.45, 7) is 1.63. The summed E-state index contributed by atoms with van der Waals surface area (Å²) in [7, 11) is 0. The number of nitrogens with zero attached hydrogens (tertiary/aromatic N) is 2. The molecule has 3 heterocycles. The molecule has 0 radical (unpaired) electrons. The van der Waals surface area contributed by atoms with Crippen molar-refractivity contribution in [3.8, 4) is 5.75 Å². The maximum atomic E-state index is 13.9. The van der Waals surface area contributed by atoms with Gasteiger partial charge in [-0.15, -0.1) is 0 Å². The molecule has 2 aliphatic rings. The number of fused-ring (bicyclic) bond motifs is 2. The van der Waals surface area contributed by atoms with Crippen LogP contribution in [0.5, 0.6) is 5.75 Å². The van der Waals surface area contributed by atoms with Crippen molar-refractivity contribution in [3.63, 3.8) is 0 Å². The second-order valence-electron chi connectivity index (χ2n) is 9.76. The van der Waals surface area contributed by atoms with Crippen LogP contribution < -0.4 is 19.8 Å². The largest absolute Gasteiger partial charge is 0.484 e. The Labute approximate surface area is 246 Å². The van der Waals surface area contributed by atoms with Gasteiger partial charge in [-0.1, -0.05) is 53.4 Å². The fraction of sp³-hybridized carbons (Fsp3) is 0.172. The van der Waals surface area contributed by atoms with Gasteiger partial charge in [-0.3, -0.25) is 29.3 Å². The summed E-state index contributed by atoms with van der Waals surface area (Å²) >= 11 is 2.12. The number of non-ortho nitro benzene ring substituents is 1. The lowest BCUT2D eigenvalue weighted by Crippen LogP contribution is -2.32. The highest BCUT2D eigenvalue weighted by atomic mass is 32.2. The van der Waals surface area contributed by atoms with Crippen LogP contribution >= 0.6 is 23.1 Å². The molecule has 2 aliphatic heterocycles. The second-order valence-corrected chi connectivity index (χ2v) is 11.9. The maximum absolute atomic E-state index is 13.9. The molecule has 0 spiro atoms. The number of ether oxygens (including phenoxy) is 1. The number of benzene rings is 3. The molecule has 3 atom stereocenters. The molecule has 1 saturated heterocycles. The van der Waals surface area contributed by atoms with Gasteiger partial charge in [0.05, 0.1) is 21.6 Å². The van der Waals surface area contributed by atoms with Crippen molar-refractivity contribution < 1.29 is 24.0 Å². The minimum absolute atomic E-state index is 0.160. The summed E-state index contributed by atoms with van der Waals surface area (Å²) < 4.78 is 5.78. The number of anilines is 2. The zero-order chi connectivity index (χ0) is 29.5. The van der Waals surface area contributed by atoms with Crippen LogP contribution in [0.3, 0.4) is 0 Å². The predicted octanol–water partition coefficient (Wildman–Crippen LogP) is 4.47. The van der Waals surface area contributed by atoms with Gasteiger partial charge in [-0.2, -0.15) is 0 Å². The Morgan fingerprint density at radius 3 is 2.55 bits per heavy atom. The van der Waals surface area contributed by atoms with E-state index < -0.39 is 33.8 Å². The summed E-state index contributed by atoms with van der Waals surface area (Å²) in [5.74, 6) is -2.37. The molecule has 1 aromatic heterocycles. The monoisotopic (exact) mass is 602 g/mol. The van der Waals surface area contributed by atoms with Gasteiger partial charge < -0.3 is 15.0 Å². The number of thiazole rings is 1. The molecule has 0 saturated carbocycles. The minimum Gasteiger partial charge on any atom is -0.484 e. The van der Waals surface area contributed by atoms with E-state index in [0.717, 1.165) is 33.6 Å². The van der Waals surface area contributed by atoms with E-state index in [-0.39, 0.29) is 28.8 Å². The van der Waals surface area contributed by atoms with E-state index in [4.69, 9.17) is 4.74 Å². The smallest absolute Gasteiger partial charge is 0.305 e. The van der Waals surface area contributed by atoms with Crippen LogP contribution in [0.1, 0.15) is 21.9 Å². The molecule has 1 fully saturated rings. The fourth-order valence-corrected chi connectivity index (χ4v) is 7.72. The number of para-hydroxylation sites is 1. The number of carbonyl (C=O) groups is 3. The number of nitro benzene ring substituents is 1. The molecule has 4 aromatic rings. The zero-order valence-corrected chi connectivity index (χ0v) is 23.6. The summed E-state index contributed by atoms with van der Waals surface area (Å²) in [4.78, 5) is 67.0. The Hall–Kier alpha value is -4.75. The molecule has 212 valence electrons. The average Bonchev–Trinajstić information content (AvgIpc) is 3.47. The first-order chi connectivity index (χ1) is 20.2. The third kappa shape index (κ3) is 4.97. The van der Waals surface area contributed by atoms with Gasteiger partial charge in [0.25, 0.3) is 11.6 Å². The van der Waals surface area contributed by atoms with Crippen LogP contribution in [0.4, 0.5) is 17.1 Å². The second kappa shape index (κ2) is 10.9. The van der Waals surface area contributed by atoms with Crippen molar-refractivity contribution in [2.75, 3.05) is 16.8 Å². The molecule has 3 aromatic carbocycles. The van der Waals surface area contributed by atoms with Crippen molar-refractivity contribution in [1.82, 2.24) is 4.98 Å². The van der Waals surface area contributed by atoms with E-state index in [2.05, 4.69) is 10.3 Å². The Balaban J connectivity index is 1.29. The first-order valence-corrected chi connectivity index (χ1v) is 14.5. The number of imide groups is 1. The molecule has 42 heavy (non-hydrogen) atoms. The lowest BCUT2D eigenvalue weighted by molar-refractivity contribution is -0.384. The van der Waals surface area contributed by atoms with Crippen LogP contribution in [-0.2, 0) is 14.4 Å². The number of H-pyrrole nitrogens is 1. The van der Waals surface area contributed by atoms with E-state index in [9.17, 15) is 29.3 Å². The van der Waals surface area contributed by atoms with Gasteiger partial charge in [0, 0.05) is 28.6 Å². The Morgan fingerprint density at radius 2 is 1.81 bits per heavy atom. The number of aromatic nitrogens is 1. The summed E-state index contributed by atoms with van der Waals surface area (Å²) in [6, 6.07) is 19.5. The topological polar surface area (TPSA) is 152 Å². The van der Waals surface area contributed by atoms with Gasteiger partial charge in [0.1, 0.15) is 11.0 Å². The van der Waals surface area contributed by atoms with Gasteiger partial charge >= 0.3 is 4.87 Å². The van der Waals surface area contributed by atoms with Crippen molar-refractivity contribution in [1.29, 1.82) is 0 Å². The molecular formula is C29H22N4O7S2. The molecule has 3 unspecified atom stereocenters. The lowest BCUT2D eigenvalue weighted by atomic mass is 9.83. The number of aryl methyl sites for hydroxylation is 1. The number of thioether (sulfide) groups is 1. The summed E-state index contributed by atoms with van der Waals surface area (Å²) in [5.41, 5.74) is 2.31. The van der Waals surface area contributed by atoms with E-state index in [0.29, 0.717) is 26.9 Å². The Bertz CT molecular complexity index is 1800. The number of rotatable bonds is 7. The number of amides is 3. The van der Waals surface area contributed by atoms with Gasteiger partial charge in [-0.05, 0) is 48.4 Å². The highest BCUT2D eigenvalue weighted by Crippen LogP contribution is 2.53. The summed E-state index contributed by atoms with van der Waals surface area (Å²) in [6.07, 6.45) is 0. The zero-order valence-electron chi connectivity index (χ0n) is 21.9. The van der Waals surface area contributed by atoms with E-state index >= 15 is 0 Å². The molecule has 13 heteroatoms. The molecule has 2 N–H and O–H groups in total. The first kappa shape index (κ1) is 27.4. The third-order valence-corrected chi connectivity index (χ3v) is 9.55. The van der Waals surface area contributed by atoms with Crippen molar-refractivity contribution >= 4 is 57.9 Å². The van der Waals surface area contributed by atoms with Crippen molar-refractivity contribution in [2.45, 2.75) is 23.1 Å². The molecule has 6 rings (SSSR count). The number of hydrogen-bond acceptors (Lipinski definition) is 9. The van der Waals surface area contributed by atoms with Crippen LogP contribution in [0.15, 0.2) is 82.6 Å². The highest BCUT2D eigenvalue weighted by molar-refractivity contribution is 8.00. The standard InChI is InChI=1S/C29H22N4O7S2/c1-15-5-2-3-8-20(15)30-21(34)14-40-19-7-4-6-16(13-19)22-23-25(41-26-24(22)42-29(37)31-26)28(36)32(27(23)35)17-9-11-18(12-10-17)33(38)39/h2-13,22-23,25H,14H2,1H3,(H,30,34)(H,31,37). The quantitative estimate of drug-likeness (QED) is 0.179. The normalized spacial score (nSPS) is 19.3. The van der Waals surface area contributed by atoms with Crippen molar-refractivity contribution in [3.05, 3.63) is 109 Å². The van der Waals surface area contributed by atoms with Gasteiger partial charge in [0.15, 0.2) is 6.61 Å². The van der Waals surface area contributed by atoms with Crippen LogP contribution in [0.25, 0.3) is 0 Å². The number of hydrogen-bond donors (Lipinski definition) is 2. The Kier molecular flexibility index (Phi) is 7.12. The molecule has 3 amide bonds. The fourth-order valence-electron chi connectivity index (χ4n) is 5.20. The minimum atomic E-state index is -0.837. The van der Waals surface area contributed by atoms with Crippen LogP contribution in [0.2, 0.25) is 0 Å². The van der Waals surface area contributed by atoms with Crippen molar-refractivity contribution in [2.24, 2.45) is 5.92 Å². The third-order valence-electron chi connectivity index (χ3n) is 7.15. The maximum Gasteiger partial charge on any atom is 0.305 e. The SMILES string of the molecule is Cc1ccccc1NC(=O)COc1cccc(C2c3sc(=O)[nH]c3SC3C(=O)N(c4ccc([N+](=O)[O-])cc4)C(=O)C32)c1. The summed E-state index contributed by atoms with van der Waals surface area (Å²) in [5, 5.41) is 13.6. The van der Waals surface area contributed by atoms with E-state index in [1.807, 2.05) is 25.1 Å². The van der Waals surface area contributed by atoms with Crippen LogP contribution in [-0.4, -0.2) is 39.5 Å². The number of aromatic amines is 1. The van der Waals surface area contributed by atoms with E-state index in [1.165, 1.54) is 24.3 Å². The highest BCUT2D eigenvalue weighted by Gasteiger charge is 2.56. The molecule has 0 bridgehead atoms. The number of nitrogens with one attached hydrogen (secondary N) is 2. The number of carbonyl (C=O) groups excluding carboxylic acids is 3. The molecule has 0 aliphatic carbocycles. The Morgan fingerprint density at radius 1 is 1.05 bits per heavy atom. The predicted molar refractivity (Wildman–Crippen MR) is 157 cm³/mol. The number of nitro groups is 1.